The second-order valence-electron chi connectivity index (χ2n) is 15.3. The fraction of sp³-hybridized carbons (Fsp3) is 0.435. The van der Waals surface area contributed by atoms with Gasteiger partial charge in [0.15, 0.2) is 0 Å². The van der Waals surface area contributed by atoms with Crippen molar-refractivity contribution in [2.75, 3.05) is 53.5 Å². The lowest BCUT2D eigenvalue weighted by molar-refractivity contribution is -0.0264. The third kappa shape index (κ3) is 10.4. The Hall–Kier alpha value is -4.74. The number of H-pyrrole nitrogens is 2. The van der Waals surface area contributed by atoms with E-state index in [0.717, 1.165) is 122 Å². The van der Waals surface area contributed by atoms with E-state index >= 15 is 0 Å². The third-order valence-corrected chi connectivity index (χ3v) is 10.8. The molecule has 0 bridgehead atoms. The molecule has 0 aliphatic carbocycles. The maximum Gasteiger partial charge on any atom is 0.141 e. The molecule has 8 rings (SSSR count). The summed E-state index contributed by atoms with van der Waals surface area (Å²) in [5.41, 5.74) is 6.34. The lowest BCUT2D eigenvalue weighted by Gasteiger charge is -2.32. The number of rotatable bonds is 14. The average molecular weight is 758 g/mol. The minimum atomic E-state index is -0.231. The number of likely N-dealkylation sites (tertiary alicyclic amines) is 2. The second-order valence-corrected chi connectivity index (χ2v) is 15.3. The van der Waals surface area contributed by atoms with Gasteiger partial charge in [-0.25, -0.2) is 9.97 Å². The molecule has 56 heavy (non-hydrogen) atoms. The quantitative estimate of drug-likeness (QED) is 0.102. The van der Waals surface area contributed by atoms with Gasteiger partial charge in [0.2, 0.25) is 0 Å². The van der Waals surface area contributed by atoms with Gasteiger partial charge in [-0.15, -0.1) is 0 Å². The molecule has 3 N–H and O–H groups in total. The number of benzene rings is 4. The lowest BCUT2D eigenvalue weighted by atomic mass is 10.0. The molecule has 2 saturated heterocycles. The maximum absolute atomic E-state index is 6.62. The normalized spacial score (nSPS) is 17.1. The second kappa shape index (κ2) is 19.4. The molecule has 0 saturated carbocycles. The van der Waals surface area contributed by atoms with E-state index in [-0.39, 0.29) is 18.2 Å². The first-order valence-corrected chi connectivity index (χ1v) is 20.6. The third-order valence-electron chi connectivity index (χ3n) is 10.8. The molecule has 4 aromatic carbocycles. The zero-order chi connectivity index (χ0) is 38.7. The van der Waals surface area contributed by atoms with Crippen LogP contribution in [0, 0.1) is 0 Å². The van der Waals surface area contributed by atoms with Crippen LogP contribution in [0.2, 0.25) is 0 Å². The number of nitrogens with zero attached hydrogens (tertiary/aromatic N) is 4. The van der Waals surface area contributed by atoms with Crippen LogP contribution in [0.5, 0.6) is 11.5 Å². The zero-order valence-corrected chi connectivity index (χ0v) is 33.5. The molecule has 0 radical (unpaired) electrons. The average Bonchev–Trinajstić information content (AvgIpc) is 3.87. The van der Waals surface area contributed by atoms with E-state index in [1.807, 2.05) is 48.5 Å². The van der Waals surface area contributed by atoms with E-state index in [9.17, 15) is 0 Å². The molecule has 2 fully saturated rings. The van der Waals surface area contributed by atoms with Crippen molar-refractivity contribution in [3.05, 3.63) is 120 Å². The van der Waals surface area contributed by atoms with Gasteiger partial charge in [0, 0.05) is 19.1 Å². The van der Waals surface area contributed by atoms with Gasteiger partial charge in [0.25, 0.3) is 0 Å². The highest BCUT2D eigenvalue weighted by Gasteiger charge is 2.27. The molecule has 2 aliphatic rings. The fourth-order valence-electron chi connectivity index (χ4n) is 7.56. The van der Waals surface area contributed by atoms with Gasteiger partial charge in [-0.3, -0.25) is 0 Å². The Bertz CT molecular complexity index is 1880. The maximum atomic E-state index is 6.62. The van der Waals surface area contributed by atoms with E-state index in [4.69, 9.17) is 24.2 Å². The molecule has 2 atom stereocenters. The van der Waals surface area contributed by atoms with Crippen LogP contribution in [-0.2, 0) is 4.74 Å². The summed E-state index contributed by atoms with van der Waals surface area (Å²) in [4.78, 5) is 21.5. The van der Waals surface area contributed by atoms with Crippen molar-refractivity contribution in [3.63, 3.8) is 0 Å². The summed E-state index contributed by atoms with van der Waals surface area (Å²) in [5, 5.41) is 3.88. The van der Waals surface area contributed by atoms with Crippen molar-refractivity contribution < 1.29 is 14.2 Å². The highest BCUT2D eigenvalue weighted by Crippen LogP contribution is 2.32. The Morgan fingerprint density at radius 1 is 0.643 bits per heavy atom. The van der Waals surface area contributed by atoms with Crippen molar-refractivity contribution in [1.82, 2.24) is 35.1 Å². The zero-order valence-electron chi connectivity index (χ0n) is 33.5. The van der Waals surface area contributed by atoms with Gasteiger partial charge >= 0.3 is 0 Å². The highest BCUT2D eigenvalue weighted by atomic mass is 16.5. The predicted molar refractivity (Wildman–Crippen MR) is 226 cm³/mol. The van der Waals surface area contributed by atoms with Crippen LogP contribution in [0.25, 0.3) is 22.1 Å². The molecule has 0 amide bonds. The molecule has 10 heteroatoms. The number of fused-ring (bicyclic) bond motifs is 2. The number of imidazole rings is 2. The van der Waals surface area contributed by atoms with Gasteiger partial charge in [0.05, 0.1) is 47.4 Å². The Labute approximate surface area is 332 Å². The number of aromatic nitrogens is 4. The molecule has 4 heterocycles. The molecule has 2 aliphatic heterocycles. The molecule has 296 valence electrons. The van der Waals surface area contributed by atoms with Gasteiger partial charge in [-0.05, 0) is 125 Å². The molecule has 10 nitrogen and oxygen atoms in total. The summed E-state index contributed by atoms with van der Waals surface area (Å²) in [5.74, 6) is 3.62. The van der Waals surface area contributed by atoms with Gasteiger partial charge < -0.3 is 39.3 Å². The first-order valence-electron chi connectivity index (χ1n) is 20.6. The van der Waals surface area contributed by atoms with Gasteiger partial charge in [-0.2, -0.15) is 0 Å². The van der Waals surface area contributed by atoms with Crippen molar-refractivity contribution in [1.29, 1.82) is 0 Å². The SMILES string of the molecule is CCCOc1cccc(C(NC2CCN(C)CC2)c2nc3ccccc3[nH]2)c1.CCCOc1cccc(C(OC2CCN(C)CC2)c2nc3ccccc3[nH]2)c1. The summed E-state index contributed by atoms with van der Waals surface area (Å²) in [6, 6.07) is 33.5. The Morgan fingerprint density at radius 2 is 1.16 bits per heavy atom. The molecular formula is C46H59N7O3. The van der Waals surface area contributed by atoms with Crippen LogP contribution < -0.4 is 14.8 Å². The number of piperidine rings is 2. The van der Waals surface area contributed by atoms with E-state index in [1.165, 1.54) is 5.56 Å². The van der Waals surface area contributed by atoms with Crippen LogP contribution in [0.3, 0.4) is 0 Å². The first-order chi connectivity index (χ1) is 27.4. The van der Waals surface area contributed by atoms with Crippen LogP contribution >= 0.6 is 0 Å². The lowest BCUT2D eigenvalue weighted by Crippen LogP contribution is -2.42. The highest BCUT2D eigenvalue weighted by molar-refractivity contribution is 5.75. The number of hydrogen-bond donors (Lipinski definition) is 3. The molecule has 2 aromatic heterocycles. The summed E-state index contributed by atoms with van der Waals surface area (Å²) in [6.45, 7) is 10.1. The van der Waals surface area contributed by atoms with Crippen LogP contribution in [0.15, 0.2) is 97.1 Å². The van der Waals surface area contributed by atoms with Crippen molar-refractivity contribution in [3.8, 4) is 11.5 Å². The molecule has 2 unspecified atom stereocenters. The Kier molecular flexibility index (Phi) is 13.7. The standard InChI is InChI=1S/C23H30N4O.C23H29N3O2/c1-3-15-28-19-8-6-7-17(16-19)22(24-18-11-13-27(2)14-12-18)23-25-20-9-4-5-10-21(20)26-23;1-3-15-27-19-8-6-7-17(16-19)22(28-18-11-13-26(2)14-12-18)23-24-20-9-4-5-10-21(20)25-23/h4-10,16,18,22,24H,3,11-15H2,1-2H3,(H,25,26);4-10,16,18,22H,3,11-15H2,1-2H3,(H,24,25). The summed E-state index contributed by atoms with van der Waals surface area (Å²) >= 11 is 0. The Balaban J connectivity index is 0.000000172. The fourth-order valence-corrected chi connectivity index (χ4v) is 7.56. The number of nitrogens with one attached hydrogen (secondary N) is 3. The first kappa shape index (κ1) is 39.5. The number of hydrogen-bond acceptors (Lipinski definition) is 8. The minimum absolute atomic E-state index is 0.0194. The largest absolute Gasteiger partial charge is 0.494 e. The summed E-state index contributed by atoms with van der Waals surface area (Å²) in [7, 11) is 4.36. The van der Waals surface area contributed by atoms with E-state index in [1.54, 1.807) is 0 Å². The molecule has 0 spiro atoms. The topological polar surface area (TPSA) is 104 Å². The minimum Gasteiger partial charge on any atom is -0.494 e. The molecule has 6 aromatic rings. The van der Waals surface area contributed by atoms with Crippen LogP contribution in [0.1, 0.15) is 87.3 Å². The monoisotopic (exact) mass is 757 g/mol. The molecular weight excluding hydrogens is 699 g/mol. The summed E-state index contributed by atoms with van der Waals surface area (Å²) < 4.78 is 18.4. The predicted octanol–water partition coefficient (Wildman–Crippen LogP) is 8.68. The van der Waals surface area contributed by atoms with Crippen molar-refractivity contribution in [2.24, 2.45) is 0 Å². The van der Waals surface area contributed by atoms with Gasteiger partial charge in [-0.1, -0.05) is 62.4 Å². The van der Waals surface area contributed by atoms with Crippen LogP contribution in [0.4, 0.5) is 0 Å². The van der Waals surface area contributed by atoms with Crippen LogP contribution in [-0.4, -0.2) is 95.4 Å². The number of aromatic amines is 2. The van der Waals surface area contributed by atoms with E-state index in [2.05, 4.69) is 102 Å². The van der Waals surface area contributed by atoms with Crippen molar-refractivity contribution >= 4 is 22.1 Å². The van der Waals surface area contributed by atoms with E-state index in [0.29, 0.717) is 12.6 Å². The number of para-hydroxylation sites is 4. The smallest absolute Gasteiger partial charge is 0.141 e. The van der Waals surface area contributed by atoms with E-state index < -0.39 is 0 Å². The Morgan fingerprint density at radius 3 is 1.75 bits per heavy atom. The summed E-state index contributed by atoms with van der Waals surface area (Å²) in [6.07, 6.45) is 6.38. The number of ether oxygens (including phenoxy) is 3. The van der Waals surface area contributed by atoms with Gasteiger partial charge in [0.1, 0.15) is 29.3 Å². The van der Waals surface area contributed by atoms with Crippen molar-refractivity contribution in [2.45, 2.75) is 76.7 Å².